The Morgan fingerprint density at radius 2 is 1.61 bits per heavy atom. The SMILES string of the molecule is CC(C)[C@@H](NC(=O)[C@H]1O[C@@H]2OC(C)(C)O[C@@H]2[C@@H]1NC(=O)CCCCN1C(=O)C=CC1=O)C(=O)NC(CCCNC(N)=O)C(=O)Nc1ccc(CCN)cc1. The van der Waals surface area contributed by atoms with Crippen LogP contribution in [0, 0.1) is 5.92 Å². The van der Waals surface area contributed by atoms with E-state index < -0.39 is 89.8 Å². The summed E-state index contributed by atoms with van der Waals surface area (Å²) in [6.07, 6.45) is 1.15. The van der Waals surface area contributed by atoms with Gasteiger partial charge in [0.25, 0.3) is 17.7 Å². The summed E-state index contributed by atoms with van der Waals surface area (Å²) in [5.41, 5.74) is 12.3. The second kappa shape index (κ2) is 18.9. The number of unbranched alkanes of at least 4 members (excludes halogenated alkanes) is 1. The average Bonchev–Trinajstić information content (AvgIpc) is 3.71. The third-order valence-electron chi connectivity index (χ3n) is 9.07. The van der Waals surface area contributed by atoms with Crippen LogP contribution in [0.2, 0.25) is 0 Å². The lowest BCUT2D eigenvalue weighted by Crippen LogP contribution is -2.59. The molecule has 3 aliphatic heterocycles. The lowest BCUT2D eigenvalue weighted by atomic mass is 10.0. The molecule has 1 aromatic carbocycles. The smallest absolute Gasteiger partial charge is 0.312 e. The summed E-state index contributed by atoms with van der Waals surface area (Å²) in [4.78, 5) is 90.0. The number of carbonyl (C=O) groups excluding carboxylic acids is 7. The van der Waals surface area contributed by atoms with Gasteiger partial charge in [-0.15, -0.1) is 0 Å². The molecule has 2 fully saturated rings. The van der Waals surface area contributed by atoms with Gasteiger partial charge < -0.3 is 52.3 Å². The largest absolute Gasteiger partial charge is 0.352 e. The van der Waals surface area contributed by atoms with Crippen molar-refractivity contribution in [1.82, 2.24) is 26.2 Å². The highest BCUT2D eigenvalue weighted by atomic mass is 16.8. The Labute approximate surface area is 313 Å². The molecule has 0 aliphatic carbocycles. The molecule has 54 heavy (non-hydrogen) atoms. The number of primary amides is 1. The van der Waals surface area contributed by atoms with Crippen LogP contribution in [0.4, 0.5) is 10.5 Å². The van der Waals surface area contributed by atoms with Crippen molar-refractivity contribution in [1.29, 1.82) is 0 Å². The summed E-state index contributed by atoms with van der Waals surface area (Å²) in [7, 11) is 0. The first kappa shape index (κ1) is 41.8. The van der Waals surface area contributed by atoms with Crippen molar-refractivity contribution in [3.63, 3.8) is 0 Å². The van der Waals surface area contributed by atoms with Gasteiger partial charge in [0.05, 0.1) is 6.04 Å². The number of ether oxygens (including phenoxy) is 3. The molecule has 1 aromatic rings. The Morgan fingerprint density at radius 3 is 2.24 bits per heavy atom. The maximum absolute atomic E-state index is 13.8. The van der Waals surface area contributed by atoms with Gasteiger partial charge in [0.1, 0.15) is 18.2 Å². The molecule has 3 heterocycles. The normalized spacial score (nSPS) is 22.4. The number of imide groups is 1. The molecule has 2 saturated heterocycles. The number of hydrogen-bond acceptors (Lipinski definition) is 11. The number of hydrogen-bond donors (Lipinski definition) is 7. The van der Waals surface area contributed by atoms with E-state index in [0.717, 1.165) is 10.5 Å². The number of carbonyl (C=O) groups is 7. The number of amides is 8. The zero-order valence-corrected chi connectivity index (χ0v) is 31.1. The quantitative estimate of drug-likeness (QED) is 0.0709. The molecule has 18 heteroatoms. The van der Waals surface area contributed by atoms with Gasteiger partial charge in [-0.3, -0.25) is 33.7 Å². The highest BCUT2D eigenvalue weighted by Gasteiger charge is 2.57. The van der Waals surface area contributed by atoms with Crippen LogP contribution in [-0.4, -0.2) is 108 Å². The zero-order chi connectivity index (χ0) is 39.6. The topological polar surface area (TPSA) is 263 Å². The molecule has 0 radical (unpaired) electrons. The van der Waals surface area contributed by atoms with Crippen molar-refractivity contribution < 1.29 is 47.8 Å². The van der Waals surface area contributed by atoms with E-state index in [1.54, 1.807) is 39.8 Å². The van der Waals surface area contributed by atoms with E-state index in [4.69, 9.17) is 25.7 Å². The van der Waals surface area contributed by atoms with Crippen molar-refractivity contribution >= 4 is 47.2 Å². The number of urea groups is 1. The van der Waals surface area contributed by atoms with Crippen molar-refractivity contribution in [3.8, 4) is 0 Å². The first-order valence-electron chi connectivity index (χ1n) is 18.2. The first-order chi connectivity index (χ1) is 25.6. The number of nitrogens with zero attached hydrogens (tertiary/aromatic N) is 1. The van der Waals surface area contributed by atoms with Gasteiger partial charge in [-0.25, -0.2) is 4.79 Å². The van der Waals surface area contributed by atoms with E-state index in [-0.39, 0.29) is 25.9 Å². The lowest BCUT2D eigenvalue weighted by molar-refractivity contribution is -0.208. The molecule has 0 spiro atoms. The van der Waals surface area contributed by atoms with Crippen LogP contribution >= 0.6 is 0 Å². The molecule has 9 N–H and O–H groups in total. The molecule has 18 nitrogen and oxygen atoms in total. The highest BCUT2D eigenvalue weighted by molar-refractivity contribution is 6.12. The zero-order valence-electron chi connectivity index (χ0n) is 31.1. The van der Waals surface area contributed by atoms with Gasteiger partial charge in [-0.05, 0) is 76.1 Å². The number of benzene rings is 1. The number of nitrogens with one attached hydrogen (secondary N) is 5. The van der Waals surface area contributed by atoms with Crippen molar-refractivity contribution in [2.45, 2.75) is 109 Å². The third kappa shape index (κ3) is 11.5. The minimum absolute atomic E-state index is 0.0312. The number of fused-ring (bicyclic) bond motifs is 1. The second-order valence-corrected chi connectivity index (χ2v) is 14.2. The van der Waals surface area contributed by atoms with E-state index in [0.29, 0.717) is 37.9 Å². The summed E-state index contributed by atoms with van der Waals surface area (Å²) in [6, 6.07) is 3.24. The molecule has 8 amide bonds. The molecule has 4 rings (SSSR count). The predicted octanol–water partition coefficient (Wildman–Crippen LogP) is -0.343. The summed E-state index contributed by atoms with van der Waals surface area (Å²) in [5.74, 6) is -4.59. The Kier molecular flexibility index (Phi) is 14.7. The van der Waals surface area contributed by atoms with Gasteiger partial charge in [-0.2, -0.15) is 0 Å². The van der Waals surface area contributed by atoms with Gasteiger partial charge in [0, 0.05) is 37.3 Å². The van der Waals surface area contributed by atoms with Crippen LogP contribution in [0.15, 0.2) is 36.4 Å². The van der Waals surface area contributed by atoms with Crippen LogP contribution in [0.25, 0.3) is 0 Å². The van der Waals surface area contributed by atoms with E-state index in [1.165, 1.54) is 12.2 Å². The van der Waals surface area contributed by atoms with Crippen LogP contribution in [0.3, 0.4) is 0 Å². The van der Waals surface area contributed by atoms with Gasteiger partial charge in [0.2, 0.25) is 17.7 Å². The van der Waals surface area contributed by atoms with Crippen LogP contribution < -0.4 is 38.1 Å². The van der Waals surface area contributed by atoms with Crippen LogP contribution in [0.5, 0.6) is 0 Å². The Bertz CT molecular complexity index is 1560. The maximum atomic E-state index is 13.8. The van der Waals surface area contributed by atoms with Crippen molar-refractivity contribution in [2.75, 3.05) is 25.0 Å². The molecule has 0 bridgehead atoms. The molecule has 6 atom stereocenters. The average molecular weight is 757 g/mol. The standard InChI is InChI=1S/C36H52N8O10/c1-20(2)27(32(49)41-23(8-7-18-39-35(38)51)31(48)40-22-12-10-21(11-13-22)16-17-37)43-33(50)29-28(30-34(52-29)54-36(3,4)53-30)42-24(45)9-5-6-19-44-25(46)14-15-26(44)47/h10-15,20,23,27-30,34H,5-9,16-19,37H2,1-4H3,(H,40,48)(H,41,49)(H,42,45)(H,43,50)(H3,38,39,51)/t23?,27-,28-,29+,30-,34-/m1/s1. The predicted molar refractivity (Wildman–Crippen MR) is 194 cm³/mol. The summed E-state index contributed by atoms with van der Waals surface area (Å²) >= 11 is 0. The summed E-state index contributed by atoms with van der Waals surface area (Å²) < 4.78 is 17.8. The monoisotopic (exact) mass is 756 g/mol. The van der Waals surface area contributed by atoms with E-state index in [2.05, 4.69) is 26.6 Å². The number of nitrogens with two attached hydrogens (primary N) is 2. The molecular weight excluding hydrogens is 704 g/mol. The maximum Gasteiger partial charge on any atom is 0.312 e. The summed E-state index contributed by atoms with van der Waals surface area (Å²) in [5, 5.41) is 13.6. The Morgan fingerprint density at radius 1 is 0.926 bits per heavy atom. The van der Waals surface area contributed by atoms with E-state index in [9.17, 15) is 33.6 Å². The fourth-order valence-corrected chi connectivity index (χ4v) is 6.32. The molecule has 3 aliphatic rings. The van der Waals surface area contributed by atoms with E-state index in [1.807, 2.05) is 12.1 Å². The molecular formula is C36H52N8O10. The Hall–Kier alpha value is -4.91. The fourth-order valence-electron chi connectivity index (χ4n) is 6.32. The molecule has 0 aromatic heterocycles. The minimum atomic E-state index is -1.30. The number of anilines is 1. The molecule has 296 valence electrons. The second-order valence-electron chi connectivity index (χ2n) is 14.2. The third-order valence-corrected chi connectivity index (χ3v) is 9.07. The van der Waals surface area contributed by atoms with E-state index >= 15 is 0 Å². The Balaban J connectivity index is 1.41. The number of rotatable bonds is 19. The molecule has 1 unspecified atom stereocenters. The van der Waals surface area contributed by atoms with Crippen molar-refractivity contribution in [2.24, 2.45) is 17.4 Å². The fraction of sp³-hybridized carbons (Fsp3) is 0.583. The first-order valence-corrected chi connectivity index (χ1v) is 18.2. The van der Waals surface area contributed by atoms with Gasteiger partial charge >= 0.3 is 6.03 Å². The lowest BCUT2D eigenvalue weighted by Gasteiger charge is -2.29. The van der Waals surface area contributed by atoms with Gasteiger partial charge in [0.15, 0.2) is 18.2 Å². The summed E-state index contributed by atoms with van der Waals surface area (Å²) in [6.45, 7) is 7.59. The van der Waals surface area contributed by atoms with Gasteiger partial charge in [-0.1, -0.05) is 26.0 Å². The minimum Gasteiger partial charge on any atom is -0.352 e. The van der Waals surface area contributed by atoms with Crippen LogP contribution in [0.1, 0.15) is 65.4 Å². The van der Waals surface area contributed by atoms with Crippen LogP contribution in [-0.2, 0) is 49.4 Å². The highest BCUT2D eigenvalue weighted by Crippen LogP contribution is 2.37. The van der Waals surface area contributed by atoms with Crippen molar-refractivity contribution in [3.05, 3.63) is 42.0 Å². The molecule has 0 saturated carbocycles.